The standard InChI is InChI=1S/C23H33N3O4/c1-29-18-10-11-21(30-2)19(15-18)20-9-6-14-26(20)16-22(27)25-23(28)24-13-12-17-7-4-3-5-8-17/h7,10-11,15,20H,3-6,8-9,12-14,16H2,1-2H3,(H2,24,25,27,28)/t20-/m0/s1. The number of carbonyl (C=O) groups is 2. The number of ether oxygens (including phenoxy) is 2. The molecule has 0 spiro atoms. The second-order valence-electron chi connectivity index (χ2n) is 7.90. The Morgan fingerprint density at radius 1 is 1.17 bits per heavy atom. The molecule has 7 heteroatoms. The van der Waals surface area contributed by atoms with E-state index in [-0.39, 0.29) is 18.5 Å². The van der Waals surface area contributed by atoms with Crippen LogP contribution in [0.3, 0.4) is 0 Å². The molecule has 164 valence electrons. The zero-order valence-electron chi connectivity index (χ0n) is 18.0. The molecule has 1 aliphatic heterocycles. The van der Waals surface area contributed by atoms with Crippen LogP contribution in [-0.4, -0.2) is 50.7 Å². The fraction of sp³-hybridized carbons (Fsp3) is 0.565. The zero-order chi connectivity index (χ0) is 21.3. The predicted octanol–water partition coefficient (Wildman–Crippen LogP) is 3.56. The average Bonchev–Trinajstić information content (AvgIpc) is 3.21. The number of hydrogen-bond acceptors (Lipinski definition) is 5. The van der Waals surface area contributed by atoms with Gasteiger partial charge in [-0.3, -0.25) is 15.0 Å². The molecule has 7 nitrogen and oxygen atoms in total. The van der Waals surface area contributed by atoms with Crippen LogP contribution >= 0.6 is 0 Å². The highest BCUT2D eigenvalue weighted by Gasteiger charge is 2.30. The third-order valence-corrected chi connectivity index (χ3v) is 5.88. The minimum absolute atomic E-state index is 0.0575. The number of amides is 3. The van der Waals surface area contributed by atoms with E-state index in [1.54, 1.807) is 14.2 Å². The van der Waals surface area contributed by atoms with Crippen molar-refractivity contribution < 1.29 is 19.1 Å². The molecule has 0 unspecified atom stereocenters. The number of allylic oxidation sites excluding steroid dienone is 1. The van der Waals surface area contributed by atoms with Crippen molar-refractivity contribution in [3.8, 4) is 11.5 Å². The lowest BCUT2D eigenvalue weighted by molar-refractivity contribution is -0.121. The van der Waals surface area contributed by atoms with Gasteiger partial charge >= 0.3 is 6.03 Å². The molecule has 0 saturated carbocycles. The van der Waals surface area contributed by atoms with E-state index < -0.39 is 6.03 Å². The van der Waals surface area contributed by atoms with Crippen molar-refractivity contribution in [3.63, 3.8) is 0 Å². The molecule has 3 rings (SSSR count). The Bertz CT molecular complexity index is 778. The van der Waals surface area contributed by atoms with Crippen LogP contribution in [0.5, 0.6) is 11.5 Å². The van der Waals surface area contributed by atoms with Gasteiger partial charge in [-0.2, -0.15) is 0 Å². The van der Waals surface area contributed by atoms with Gasteiger partial charge in [0.1, 0.15) is 11.5 Å². The van der Waals surface area contributed by atoms with E-state index in [1.807, 2.05) is 18.2 Å². The normalized spacial score (nSPS) is 19.1. The summed E-state index contributed by atoms with van der Waals surface area (Å²) in [7, 11) is 3.28. The van der Waals surface area contributed by atoms with Crippen LogP contribution in [0.2, 0.25) is 0 Å². The van der Waals surface area contributed by atoms with E-state index in [2.05, 4.69) is 21.6 Å². The summed E-state index contributed by atoms with van der Waals surface area (Å²) < 4.78 is 10.9. The van der Waals surface area contributed by atoms with Crippen molar-refractivity contribution in [3.05, 3.63) is 35.4 Å². The van der Waals surface area contributed by atoms with E-state index in [4.69, 9.17) is 9.47 Å². The summed E-state index contributed by atoms with van der Waals surface area (Å²) in [6.07, 6.45) is 9.77. The molecular formula is C23H33N3O4. The predicted molar refractivity (Wildman–Crippen MR) is 116 cm³/mol. The minimum atomic E-state index is -0.425. The van der Waals surface area contributed by atoms with Gasteiger partial charge in [0.05, 0.1) is 20.8 Å². The van der Waals surface area contributed by atoms with Gasteiger partial charge in [0.15, 0.2) is 0 Å². The molecule has 1 aromatic rings. The largest absolute Gasteiger partial charge is 0.497 e. The third kappa shape index (κ3) is 5.98. The molecule has 3 amide bonds. The number of methoxy groups -OCH3 is 2. The monoisotopic (exact) mass is 415 g/mol. The van der Waals surface area contributed by atoms with Crippen molar-refractivity contribution in [2.45, 2.75) is 51.0 Å². The summed E-state index contributed by atoms with van der Waals surface area (Å²) in [6, 6.07) is 5.35. The van der Waals surface area contributed by atoms with Crippen LogP contribution in [0, 0.1) is 0 Å². The molecule has 0 bridgehead atoms. The molecule has 2 aliphatic rings. The van der Waals surface area contributed by atoms with Gasteiger partial charge < -0.3 is 14.8 Å². The van der Waals surface area contributed by atoms with E-state index >= 15 is 0 Å². The second kappa shape index (κ2) is 11.0. The Morgan fingerprint density at radius 3 is 2.77 bits per heavy atom. The smallest absolute Gasteiger partial charge is 0.321 e. The van der Waals surface area contributed by atoms with E-state index in [0.717, 1.165) is 55.7 Å². The van der Waals surface area contributed by atoms with E-state index in [9.17, 15) is 9.59 Å². The summed E-state index contributed by atoms with van der Waals surface area (Å²) >= 11 is 0. The molecule has 0 radical (unpaired) electrons. The summed E-state index contributed by atoms with van der Waals surface area (Å²) in [5.74, 6) is 1.25. The Morgan fingerprint density at radius 2 is 2.03 bits per heavy atom. The molecule has 1 heterocycles. The minimum Gasteiger partial charge on any atom is -0.497 e. The van der Waals surface area contributed by atoms with E-state index in [0.29, 0.717) is 6.54 Å². The van der Waals surface area contributed by atoms with Crippen LogP contribution in [0.4, 0.5) is 4.79 Å². The Balaban J connectivity index is 1.50. The zero-order valence-corrected chi connectivity index (χ0v) is 18.0. The topological polar surface area (TPSA) is 79.9 Å². The van der Waals surface area contributed by atoms with Gasteiger partial charge in [-0.05, 0) is 69.7 Å². The summed E-state index contributed by atoms with van der Waals surface area (Å²) in [6.45, 7) is 1.52. The number of nitrogens with zero attached hydrogens (tertiary/aromatic N) is 1. The van der Waals surface area contributed by atoms with Crippen molar-refractivity contribution >= 4 is 11.9 Å². The maximum atomic E-state index is 12.4. The van der Waals surface area contributed by atoms with Crippen LogP contribution in [-0.2, 0) is 4.79 Å². The van der Waals surface area contributed by atoms with Crippen molar-refractivity contribution in [2.24, 2.45) is 0 Å². The molecule has 1 fully saturated rings. The molecule has 0 aromatic heterocycles. The number of benzene rings is 1. The Hall–Kier alpha value is -2.54. The van der Waals surface area contributed by atoms with Gasteiger partial charge in [-0.15, -0.1) is 0 Å². The maximum Gasteiger partial charge on any atom is 0.321 e. The van der Waals surface area contributed by atoms with Crippen molar-refractivity contribution in [1.82, 2.24) is 15.5 Å². The fourth-order valence-corrected chi connectivity index (χ4v) is 4.33. The highest BCUT2D eigenvalue weighted by molar-refractivity contribution is 5.95. The van der Waals surface area contributed by atoms with Gasteiger partial charge in [-0.25, -0.2) is 4.79 Å². The number of likely N-dealkylation sites (tertiary alicyclic amines) is 1. The quantitative estimate of drug-likeness (QED) is 0.635. The molecule has 30 heavy (non-hydrogen) atoms. The number of hydrogen-bond donors (Lipinski definition) is 2. The summed E-state index contributed by atoms with van der Waals surface area (Å²) in [5, 5.41) is 5.26. The SMILES string of the molecule is COc1ccc(OC)c([C@@H]2CCCN2CC(=O)NC(=O)NCCC2=CCCCC2)c1. The third-order valence-electron chi connectivity index (χ3n) is 5.88. The number of urea groups is 1. The lowest BCUT2D eigenvalue weighted by Crippen LogP contribution is -2.44. The summed E-state index contributed by atoms with van der Waals surface area (Å²) in [5.41, 5.74) is 2.41. The van der Waals surface area contributed by atoms with Crippen LogP contribution in [0.25, 0.3) is 0 Å². The lowest BCUT2D eigenvalue weighted by atomic mass is 9.97. The van der Waals surface area contributed by atoms with Crippen LogP contribution < -0.4 is 20.1 Å². The molecule has 1 aliphatic carbocycles. The second-order valence-corrected chi connectivity index (χ2v) is 7.90. The fourth-order valence-electron chi connectivity index (χ4n) is 4.33. The number of nitrogens with one attached hydrogen (secondary N) is 2. The van der Waals surface area contributed by atoms with Gasteiger partial charge in [-0.1, -0.05) is 11.6 Å². The average molecular weight is 416 g/mol. The summed E-state index contributed by atoms with van der Waals surface area (Å²) in [4.78, 5) is 26.6. The highest BCUT2D eigenvalue weighted by atomic mass is 16.5. The van der Waals surface area contributed by atoms with Gasteiger partial charge in [0.25, 0.3) is 0 Å². The van der Waals surface area contributed by atoms with Crippen LogP contribution in [0.1, 0.15) is 56.6 Å². The number of imide groups is 1. The molecule has 1 aromatic carbocycles. The first kappa shape index (κ1) is 22.2. The lowest BCUT2D eigenvalue weighted by Gasteiger charge is -2.25. The van der Waals surface area contributed by atoms with Crippen molar-refractivity contribution in [2.75, 3.05) is 33.9 Å². The number of carbonyl (C=O) groups excluding carboxylic acids is 2. The Labute approximate surface area is 178 Å². The molecule has 1 atom stereocenters. The molecule has 1 saturated heterocycles. The van der Waals surface area contributed by atoms with Crippen LogP contribution in [0.15, 0.2) is 29.8 Å². The van der Waals surface area contributed by atoms with E-state index in [1.165, 1.54) is 18.4 Å². The first-order valence-corrected chi connectivity index (χ1v) is 10.8. The van der Waals surface area contributed by atoms with Crippen molar-refractivity contribution in [1.29, 1.82) is 0 Å². The highest BCUT2D eigenvalue weighted by Crippen LogP contribution is 2.38. The van der Waals surface area contributed by atoms with Gasteiger partial charge in [0, 0.05) is 18.2 Å². The maximum absolute atomic E-state index is 12.4. The number of rotatable bonds is 8. The Kier molecular flexibility index (Phi) is 8.13. The first-order valence-electron chi connectivity index (χ1n) is 10.8. The van der Waals surface area contributed by atoms with Gasteiger partial charge in [0.2, 0.25) is 5.91 Å². The molecular weight excluding hydrogens is 382 g/mol. The molecule has 2 N–H and O–H groups in total. The first-order chi connectivity index (χ1) is 14.6.